The van der Waals surface area contributed by atoms with E-state index in [-0.39, 0.29) is 23.0 Å². The summed E-state index contributed by atoms with van der Waals surface area (Å²) in [5.41, 5.74) is 0.712. The van der Waals surface area contributed by atoms with Gasteiger partial charge in [0.1, 0.15) is 11.6 Å². The second-order valence-corrected chi connectivity index (χ2v) is 6.04. The Bertz CT molecular complexity index is 701. The van der Waals surface area contributed by atoms with Crippen molar-refractivity contribution >= 4 is 10.0 Å². The Morgan fingerprint density at radius 3 is 2.55 bits per heavy atom. The van der Waals surface area contributed by atoms with Crippen molar-refractivity contribution in [2.75, 3.05) is 6.54 Å². The fourth-order valence-corrected chi connectivity index (χ4v) is 2.83. The molecule has 0 aromatic heterocycles. The number of halogens is 1. The number of hydrogen-bond acceptors (Lipinski definition) is 3. The van der Waals surface area contributed by atoms with Gasteiger partial charge in [-0.1, -0.05) is 18.2 Å². The fraction of sp³-hybridized carbons (Fsp3) is 0.143. The molecule has 0 aliphatic carbocycles. The van der Waals surface area contributed by atoms with Gasteiger partial charge in [-0.3, -0.25) is 0 Å². The topological polar surface area (TPSA) is 66.4 Å². The molecule has 0 bridgehead atoms. The average molecular weight is 295 g/mol. The summed E-state index contributed by atoms with van der Waals surface area (Å²) >= 11 is 0. The molecular weight excluding hydrogens is 281 g/mol. The molecule has 0 spiro atoms. The van der Waals surface area contributed by atoms with Gasteiger partial charge in [-0.25, -0.2) is 17.5 Å². The van der Waals surface area contributed by atoms with E-state index in [0.29, 0.717) is 12.0 Å². The van der Waals surface area contributed by atoms with Crippen molar-refractivity contribution in [3.63, 3.8) is 0 Å². The predicted octanol–water partition coefficient (Wildman–Crippen LogP) is 2.05. The predicted molar refractivity (Wildman–Crippen MR) is 73.4 cm³/mol. The number of hydrogen-bond donors (Lipinski definition) is 2. The Morgan fingerprint density at radius 2 is 1.85 bits per heavy atom. The van der Waals surface area contributed by atoms with Crippen LogP contribution in [0, 0.1) is 5.82 Å². The summed E-state index contributed by atoms with van der Waals surface area (Å²) < 4.78 is 39.3. The fourth-order valence-electron chi connectivity index (χ4n) is 1.76. The molecule has 0 heterocycles. The first-order valence-electron chi connectivity index (χ1n) is 6.00. The molecular formula is C14H14FNO3S. The minimum absolute atomic E-state index is 0.00302. The van der Waals surface area contributed by atoms with Crippen molar-refractivity contribution in [1.82, 2.24) is 4.72 Å². The number of nitrogens with one attached hydrogen (secondary N) is 1. The molecule has 20 heavy (non-hydrogen) atoms. The maximum Gasteiger partial charge on any atom is 0.240 e. The lowest BCUT2D eigenvalue weighted by molar-refractivity contribution is 0.473. The van der Waals surface area contributed by atoms with Gasteiger partial charge in [-0.15, -0.1) is 0 Å². The zero-order valence-corrected chi connectivity index (χ0v) is 11.4. The van der Waals surface area contributed by atoms with E-state index in [9.17, 15) is 17.9 Å². The van der Waals surface area contributed by atoms with E-state index >= 15 is 0 Å². The van der Waals surface area contributed by atoms with Gasteiger partial charge in [0.15, 0.2) is 0 Å². The largest absolute Gasteiger partial charge is 0.508 e. The smallest absolute Gasteiger partial charge is 0.240 e. The Hall–Kier alpha value is -1.92. The van der Waals surface area contributed by atoms with Crippen LogP contribution >= 0.6 is 0 Å². The third-order valence-electron chi connectivity index (χ3n) is 2.72. The molecule has 0 aliphatic rings. The molecule has 0 radical (unpaired) electrons. The lowest BCUT2D eigenvalue weighted by Crippen LogP contribution is -2.25. The standard InChI is InChI=1S/C14H14FNO3S/c15-12-4-1-3-11(9-12)7-8-16-20(18,19)14-6-2-5-13(17)10-14/h1-6,9-10,16-17H,7-8H2. The summed E-state index contributed by atoms with van der Waals surface area (Å²) in [6.07, 6.45) is 0.385. The van der Waals surface area contributed by atoms with E-state index < -0.39 is 10.0 Å². The zero-order chi connectivity index (χ0) is 14.6. The number of benzene rings is 2. The molecule has 0 fully saturated rings. The zero-order valence-electron chi connectivity index (χ0n) is 10.6. The molecule has 0 aliphatic heterocycles. The van der Waals surface area contributed by atoms with Gasteiger partial charge in [0.05, 0.1) is 4.90 Å². The van der Waals surface area contributed by atoms with Gasteiger partial charge >= 0.3 is 0 Å². The van der Waals surface area contributed by atoms with E-state index in [1.807, 2.05) is 0 Å². The van der Waals surface area contributed by atoms with Crippen LogP contribution in [0.2, 0.25) is 0 Å². The average Bonchev–Trinajstić information content (AvgIpc) is 2.38. The van der Waals surface area contributed by atoms with Gasteiger partial charge in [-0.2, -0.15) is 0 Å². The van der Waals surface area contributed by atoms with Crippen LogP contribution < -0.4 is 4.72 Å². The summed E-state index contributed by atoms with van der Waals surface area (Å²) in [6.45, 7) is 0.154. The van der Waals surface area contributed by atoms with Crippen molar-refractivity contribution in [3.8, 4) is 5.75 Å². The lowest BCUT2D eigenvalue weighted by Gasteiger charge is -2.07. The molecule has 4 nitrogen and oxygen atoms in total. The SMILES string of the molecule is O=S(=O)(NCCc1cccc(F)c1)c1cccc(O)c1. The highest BCUT2D eigenvalue weighted by Gasteiger charge is 2.13. The number of phenolic OH excluding ortho intramolecular Hbond substituents is 1. The van der Waals surface area contributed by atoms with Gasteiger partial charge < -0.3 is 5.11 Å². The normalized spacial score (nSPS) is 11.4. The summed E-state index contributed by atoms with van der Waals surface area (Å²) in [5, 5.41) is 9.28. The van der Waals surface area contributed by atoms with E-state index in [4.69, 9.17) is 0 Å². The number of sulfonamides is 1. The molecule has 0 amide bonds. The number of rotatable bonds is 5. The van der Waals surface area contributed by atoms with Crippen molar-refractivity contribution in [1.29, 1.82) is 0 Å². The van der Waals surface area contributed by atoms with Crippen LogP contribution in [0.4, 0.5) is 4.39 Å². The molecule has 2 aromatic rings. The maximum atomic E-state index is 13.0. The van der Waals surface area contributed by atoms with Crippen molar-refractivity contribution in [3.05, 3.63) is 59.9 Å². The van der Waals surface area contributed by atoms with Crippen LogP contribution in [0.5, 0.6) is 5.75 Å². The molecule has 6 heteroatoms. The first-order chi connectivity index (χ1) is 9.47. The lowest BCUT2D eigenvalue weighted by atomic mass is 10.1. The van der Waals surface area contributed by atoms with Crippen LogP contribution in [-0.2, 0) is 16.4 Å². The van der Waals surface area contributed by atoms with Crippen LogP contribution in [0.15, 0.2) is 53.4 Å². The molecule has 0 atom stereocenters. The molecule has 2 aromatic carbocycles. The highest BCUT2D eigenvalue weighted by atomic mass is 32.2. The third-order valence-corrected chi connectivity index (χ3v) is 4.18. The van der Waals surface area contributed by atoms with Crippen LogP contribution in [0.25, 0.3) is 0 Å². The van der Waals surface area contributed by atoms with E-state index in [2.05, 4.69) is 4.72 Å². The summed E-state index contributed by atoms with van der Waals surface area (Å²) in [4.78, 5) is -0.00302. The Morgan fingerprint density at radius 1 is 1.10 bits per heavy atom. The first-order valence-corrected chi connectivity index (χ1v) is 7.49. The van der Waals surface area contributed by atoms with Crippen molar-refractivity contribution < 1.29 is 17.9 Å². The van der Waals surface area contributed by atoms with E-state index in [0.717, 1.165) is 0 Å². The molecule has 2 N–H and O–H groups in total. The molecule has 0 saturated carbocycles. The third kappa shape index (κ3) is 3.79. The van der Waals surface area contributed by atoms with Crippen LogP contribution in [0.3, 0.4) is 0 Å². The number of phenols is 1. The Balaban J connectivity index is 2.00. The minimum atomic E-state index is -3.67. The highest BCUT2D eigenvalue weighted by molar-refractivity contribution is 7.89. The van der Waals surface area contributed by atoms with Gasteiger partial charge in [0.2, 0.25) is 10.0 Å². The van der Waals surface area contributed by atoms with Crippen LogP contribution in [-0.4, -0.2) is 20.1 Å². The first kappa shape index (κ1) is 14.5. The van der Waals surface area contributed by atoms with E-state index in [1.165, 1.54) is 36.4 Å². The molecule has 0 saturated heterocycles. The van der Waals surface area contributed by atoms with Gasteiger partial charge in [0.25, 0.3) is 0 Å². The minimum Gasteiger partial charge on any atom is -0.508 e. The molecule has 0 unspecified atom stereocenters. The van der Waals surface area contributed by atoms with E-state index in [1.54, 1.807) is 12.1 Å². The molecule has 2 rings (SSSR count). The summed E-state index contributed by atoms with van der Waals surface area (Å²) in [6, 6.07) is 11.4. The summed E-state index contributed by atoms with van der Waals surface area (Å²) in [5.74, 6) is -0.462. The van der Waals surface area contributed by atoms with Gasteiger partial charge in [0, 0.05) is 6.54 Å². The second kappa shape index (κ2) is 6.02. The summed E-state index contributed by atoms with van der Waals surface area (Å²) in [7, 11) is -3.67. The maximum absolute atomic E-state index is 13.0. The van der Waals surface area contributed by atoms with Crippen molar-refractivity contribution in [2.45, 2.75) is 11.3 Å². The van der Waals surface area contributed by atoms with Crippen LogP contribution in [0.1, 0.15) is 5.56 Å². The van der Waals surface area contributed by atoms with Crippen molar-refractivity contribution in [2.24, 2.45) is 0 Å². The van der Waals surface area contributed by atoms with Gasteiger partial charge in [-0.05, 0) is 42.3 Å². The molecule has 106 valence electrons. The highest BCUT2D eigenvalue weighted by Crippen LogP contribution is 2.15. The second-order valence-electron chi connectivity index (χ2n) is 4.28. The Kier molecular flexibility index (Phi) is 4.36. The quantitative estimate of drug-likeness (QED) is 0.887. The number of aromatic hydroxyl groups is 1. The monoisotopic (exact) mass is 295 g/mol. The Labute approximate surface area is 116 Å².